The van der Waals surface area contributed by atoms with E-state index < -0.39 is 68.3 Å². The summed E-state index contributed by atoms with van der Waals surface area (Å²) in [6, 6.07) is -0.260. The molecule has 0 aromatic carbocycles. The van der Waals surface area contributed by atoms with Crippen molar-refractivity contribution in [1.29, 1.82) is 0 Å². The standard InChI is InChI=1S/C35H63NO11Si/c1-15-27-34(7,40)18-16-24(37)17-19-35(8,42-12)28(21-26(23(3)30(38)44-27)47-48(13,14)33(4,5)6)45-31-29(46-32(39)41-11)25(36(9)10)20-22(2)43-31/h16,18,22-23,25-29,31,40H,15,17,19-21H2,1-14H3/b18-16+/t22-,23-,25+,26+,27-,28-,29-,31+,34+,35-/m1/s1. The van der Waals surface area contributed by atoms with Gasteiger partial charge in [-0.2, -0.15) is 0 Å². The molecule has 0 bridgehead atoms. The van der Waals surface area contributed by atoms with Crippen LogP contribution >= 0.6 is 0 Å². The first-order valence-corrected chi connectivity index (χ1v) is 20.0. The molecular formula is C35H63NO11Si. The highest BCUT2D eigenvalue weighted by Crippen LogP contribution is 2.41. The molecule has 48 heavy (non-hydrogen) atoms. The summed E-state index contributed by atoms with van der Waals surface area (Å²) in [5, 5.41) is 11.0. The molecule has 0 saturated carbocycles. The molecular weight excluding hydrogens is 638 g/mol. The first-order valence-electron chi connectivity index (χ1n) is 17.1. The van der Waals surface area contributed by atoms with Crippen LogP contribution in [0.5, 0.6) is 0 Å². The lowest BCUT2D eigenvalue weighted by Crippen LogP contribution is -2.59. The average molecular weight is 702 g/mol. The van der Waals surface area contributed by atoms with Gasteiger partial charge in [-0.3, -0.25) is 9.59 Å². The number of hydrogen-bond donors (Lipinski definition) is 1. The van der Waals surface area contributed by atoms with Crippen molar-refractivity contribution in [1.82, 2.24) is 4.90 Å². The highest BCUT2D eigenvalue weighted by molar-refractivity contribution is 6.74. The fourth-order valence-corrected chi connectivity index (χ4v) is 7.30. The molecule has 0 amide bonds. The van der Waals surface area contributed by atoms with Crippen molar-refractivity contribution in [3.05, 3.63) is 12.2 Å². The molecule has 13 heteroatoms. The third-order valence-electron chi connectivity index (χ3n) is 10.5. The van der Waals surface area contributed by atoms with Crippen molar-refractivity contribution >= 4 is 26.2 Å². The average Bonchev–Trinajstić information content (AvgIpc) is 2.99. The highest BCUT2D eigenvalue weighted by Gasteiger charge is 2.49. The molecule has 0 aromatic heterocycles. The van der Waals surface area contributed by atoms with Gasteiger partial charge in [-0.15, -0.1) is 0 Å². The monoisotopic (exact) mass is 701 g/mol. The predicted octanol–water partition coefficient (Wildman–Crippen LogP) is 5.40. The Balaban J connectivity index is 2.74. The van der Waals surface area contributed by atoms with Crippen LogP contribution in [0.4, 0.5) is 4.79 Å². The molecule has 1 saturated heterocycles. The van der Waals surface area contributed by atoms with Crippen molar-refractivity contribution in [3.8, 4) is 0 Å². The second kappa shape index (κ2) is 16.9. The maximum atomic E-state index is 13.9. The Morgan fingerprint density at radius 2 is 1.75 bits per heavy atom. The van der Waals surface area contributed by atoms with Crippen LogP contribution in [-0.2, 0) is 42.4 Å². The second-order valence-electron chi connectivity index (χ2n) is 15.6. The molecule has 2 aliphatic heterocycles. The third kappa shape index (κ3) is 10.8. The molecule has 1 N–H and O–H groups in total. The van der Waals surface area contributed by atoms with E-state index in [4.69, 9.17) is 32.8 Å². The zero-order valence-electron chi connectivity index (χ0n) is 31.8. The Kier molecular flexibility index (Phi) is 14.9. The molecule has 0 aromatic rings. The number of aliphatic hydroxyl groups is 1. The number of methoxy groups -OCH3 is 2. The van der Waals surface area contributed by atoms with E-state index in [1.54, 1.807) is 14.0 Å². The second-order valence-corrected chi connectivity index (χ2v) is 20.3. The van der Waals surface area contributed by atoms with Crippen LogP contribution in [0.3, 0.4) is 0 Å². The number of hydrogen-bond acceptors (Lipinski definition) is 12. The predicted molar refractivity (Wildman–Crippen MR) is 184 cm³/mol. The van der Waals surface area contributed by atoms with Gasteiger partial charge >= 0.3 is 12.1 Å². The number of carbonyl (C=O) groups is 3. The number of likely N-dealkylation sites (N-methyl/N-ethyl adjacent to an activating group) is 1. The van der Waals surface area contributed by atoms with Crippen LogP contribution in [0.15, 0.2) is 12.2 Å². The van der Waals surface area contributed by atoms with E-state index >= 15 is 0 Å². The largest absolute Gasteiger partial charge is 0.508 e. The Morgan fingerprint density at radius 1 is 1.12 bits per heavy atom. The van der Waals surface area contributed by atoms with E-state index in [1.165, 1.54) is 26.2 Å². The fraction of sp³-hybridized carbons (Fsp3) is 0.857. The van der Waals surface area contributed by atoms with Crippen molar-refractivity contribution in [3.63, 3.8) is 0 Å². The number of nitrogens with zero attached hydrogens (tertiary/aromatic N) is 1. The number of carbonyl (C=O) groups excluding carboxylic acids is 3. The summed E-state index contributed by atoms with van der Waals surface area (Å²) in [6.07, 6.45) is -1.31. The van der Waals surface area contributed by atoms with Gasteiger partial charge < -0.3 is 42.9 Å². The molecule has 0 spiro atoms. The summed E-state index contributed by atoms with van der Waals surface area (Å²) < 4.78 is 42.8. The molecule has 1 fully saturated rings. The van der Waals surface area contributed by atoms with E-state index in [0.717, 1.165) is 0 Å². The van der Waals surface area contributed by atoms with Crippen LogP contribution < -0.4 is 0 Å². The van der Waals surface area contributed by atoms with E-state index in [1.807, 2.05) is 39.8 Å². The molecule has 278 valence electrons. The van der Waals surface area contributed by atoms with Gasteiger partial charge in [0.15, 0.2) is 26.5 Å². The number of rotatable bonds is 8. The Labute approximate surface area is 289 Å². The third-order valence-corrected chi connectivity index (χ3v) is 15.0. The van der Waals surface area contributed by atoms with Gasteiger partial charge in [0.25, 0.3) is 0 Å². The van der Waals surface area contributed by atoms with Gasteiger partial charge in [-0.05, 0) is 91.3 Å². The minimum Gasteiger partial charge on any atom is -0.459 e. The van der Waals surface area contributed by atoms with Crippen LogP contribution in [0, 0.1) is 5.92 Å². The van der Waals surface area contributed by atoms with Gasteiger partial charge in [0.2, 0.25) is 0 Å². The first kappa shape index (κ1) is 42.3. The normalized spacial score (nSPS) is 37.0. The lowest BCUT2D eigenvalue weighted by Gasteiger charge is -2.47. The summed E-state index contributed by atoms with van der Waals surface area (Å²) in [7, 11) is 4.08. The van der Waals surface area contributed by atoms with E-state index in [9.17, 15) is 19.5 Å². The van der Waals surface area contributed by atoms with Crippen LogP contribution in [0.2, 0.25) is 18.1 Å². The van der Waals surface area contributed by atoms with Crippen molar-refractivity contribution in [2.24, 2.45) is 5.92 Å². The lowest BCUT2D eigenvalue weighted by molar-refractivity contribution is -0.293. The van der Waals surface area contributed by atoms with Gasteiger partial charge in [0.05, 0.1) is 43.0 Å². The number of ether oxygens (including phenoxy) is 6. The molecule has 12 nitrogen and oxygen atoms in total. The zero-order chi connectivity index (χ0) is 36.8. The summed E-state index contributed by atoms with van der Waals surface area (Å²) >= 11 is 0. The van der Waals surface area contributed by atoms with Crippen LogP contribution in [0.25, 0.3) is 0 Å². The Hall–Kier alpha value is -1.87. The molecule has 0 radical (unpaired) electrons. The summed E-state index contributed by atoms with van der Waals surface area (Å²) in [5.74, 6) is -1.55. The highest BCUT2D eigenvalue weighted by atomic mass is 28.4. The maximum Gasteiger partial charge on any atom is 0.508 e. The van der Waals surface area contributed by atoms with Gasteiger partial charge in [-0.25, -0.2) is 4.79 Å². The first-order chi connectivity index (χ1) is 22.0. The van der Waals surface area contributed by atoms with Gasteiger partial charge in [0.1, 0.15) is 11.7 Å². The van der Waals surface area contributed by atoms with Crippen molar-refractivity contribution in [2.75, 3.05) is 28.3 Å². The lowest BCUT2D eigenvalue weighted by atomic mass is 9.85. The van der Waals surface area contributed by atoms with Crippen molar-refractivity contribution in [2.45, 2.75) is 160 Å². The smallest absolute Gasteiger partial charge is 0.459 e. The molecule has 10 atom stereocenters. The molecule has 2 rings (SSSR count). The molecule has 2 aliphatic rings. The van der Waals surface area contributed by atoms with Crippen LogP contribution in [0.1, 0.15) is 87.5 Å². The van der Waals surface area contributed by atoms with E-state index in [0.29, 0.717) is 12.8 Å². The summed E-state index contributed by atoms with van der Waals surface area (Å²) in [5.41, 5.74) is -2.66. The van der Waals surface area contributed by atoms with E-state index in [-0.39, 0.29) is 42.2 Å². The topological polar surface area (TPSA) is 139 Å². The molecule has 0 aliphatic carbocycles. The minimum atomic E-state index is -2.49. The number of esters is 1. The molecule has 0 unspecified atom stereocenters. The minimum absolute atomic E-state index is 0.0843. The van der Waals surface area contributed by atoms with Gasteiger partial charge in [-0.1, -0.05) is 27.7 Å². The summed E-state index contributed by atoms with van der Waals surface area (Å²) in [6.45, 7) is 19.5. The van der Waals surface area contributed by atoms with Crippen LogP contribution in [-0.4, -0.2) is 119 Å². The van der Waals surface area contributed by atoms with E-state index in [2.05, 4.69) is 33.9 Å². The molecule has 2 heterocycles. The SMILES string of the molecule is CC[C@H]1OC(=O)[C@H](C)[C@@H](O[Si](C)(C)C(C)(C)C)C[C@@H](O[C@@H]2O[C@H](C)C[C@H](N(C)C)[C@H]2OC(=O)OC)[C@](C)(OC)CCC(=O)/C=C/[C@]1(C)O. The Morgan fingerprint density at radius 3 is 2.27 bits per heavy atom. The Bertz CT molecular complexity index is 1120. The summed E-state index contributed by atoms with van der Waals surface area (Å²) in [4.78, 5) is 41.5. The van der Waals surface area contributed by atoms with Crippen molar-refractivity contribution < 1.29 is 52.3 Å². The quantitative estimate of drug-likeness (QED) is 0.256. The number of cyclic esters (lactones) is 1. The maximum absolute atomic E-state index is 13.9. The number of allylic oxidation sites excluding steroid dienone is 1. The van der Waals surface area contributed by atoms with Gasteiger partial charge in [0, 0.05) is 20.0 Å². The number of ketones is 1. The fourth-order valence-electron chi connectivity index (χ4n) is 5.89. The zero-order valence-corrected chi connectivity index (χ0v) is 32.8.